The van der Waals surface area contributed by atoms with E-state index in [9.17, 15) is 5.11 Å². The van der Waals surface area contributed by atoms with Gasteiger partial charge >= 0.3 is 0 Å². The molecule has 0 saturated heterocycles. The first-order valence-corrected chi connectivity index (χ1v) is 5.08. The third kappa shape index (κ3) is 1.98. The lowest BCUT2D eigenvalue weighted by molar-refractivity contribution is 0.141. The number of ether oxygens (including phenoxy) is 2. The van der Waals surface area contributed by atoms with E-state index in [1.54, 1.807) is 14.2 Å². The molecule has 0 radical (unpaired) electrons. The standard InChI is InChI=1S/C12H16O3/c1-14-8-9-3-4-10(15-2)7-11(9)12(13)5-6-12/h3-4,7,13H,5-6,8H2,1-2H3. The Kier molecular flexibility index (Phi) is 2.67. The molecular weight excluding hydrogens is 192 g/mol. The summed E-state index contributed by atoms with van der Waals surface area (Å²) in [5.74, 6) is 0.783. The van der Waals surface area contributed by atoms with E-state index in [0.29, 0.717) is 6.61 Å². The Balaban J connectivity index is 2.37. The zero-order valence-electron chi connectivity index (χ0n) is 9.12. The monoisotopic (exact) mass is 208 g/mol. The molecule has 0 bridgehead atoms. The van der Waals surface area contributed by atoms with E-state index in [1.165, 1.54) is 0 Å². The van der Waals surface area contributed by atoms with E-state index in [4.69, 9.17) is 9.47 Å². The number of benzene rings is 1. The lowest BCUT2D eigenvalue weighted by atomic mass is 10.0. The van der Waals surface area contributed by atoms with E-state index < -0.39 is 5.60 Å². The van der Waals surface area contributed by atoms with Crippen LogP contribution in [-0.4, -0.2) is 19.3 Å². The molecular formula is C12H16O3. The number of hydrogen-bond acceptors (Lipinski definition) is 3. The summed E-state index contributed by atoms with van der Waals surface area (Å²) in [6.07, 6.45) is 1.66. The topological polar surface area (TPSA) is 38.7 Å². The van der Waals surface area contributed by atoms with Crippen molar-refractivity contribution in [3.63, 3.8) is 0 Å². The van der Waals surface area contributed by atoms with Gasteiger partial charge in [0.15, 0.2) is 0 Å². The van der Waals surface area contributed by atoms with Gasteiger partial charge in [0.05, 0.1) is 19.3 Å². The van der Waals surface area contributed by atoms with Crippen LogP contribution in [0.2, 0.25) is 0 Å². The Hall–Kier alpha value is -1.06. The molecule has 3 heteroatoms. The maximum absolute atomic E-state index is 10.1. The third-order valence-corrected chi connectivity index (χ3v) is 2.84. The molecule has 1 N–H and O–H groups in total. The number of methoxy groups -OCH3 is 2. The highest BCUT2D eigenvalue weighted by Crippen LogP contribution is 2.47. The average molecular weight is 208 g/mol. The minimum absolute atomic E-state index is 0.529. The Morgan fingerprint density at radius 3 is 2.60 bits per heavy atom. The van der Waals surface area contributed by atoms with Crippen molar-refractivity contribution in [1.29, 1.82) is 0 Å². The second-order valence-corrected chi connectivity index (χ2v) is 3.99. The molecule has 15 heavy (non-hydrogen) atoms. The summed E-state index contributed by atoms with van der Waals surface area (Å²) >= 11 is 0. The van der Waals surface area contributed by atoms with Gasteiger partial charge in [-0.2, -0.15) is 0 Å². The number of aliphatic hydroxyl groups is 1. The molecule has 1 aromatic rings. The van der Waals surface area contributed by atoms with Gasteiger partial charge < -0.3 is 14.6 Å². The smallest absolute Gasteiger partial charge is 0.119 e. The molecule has 0 spiro atoms. The van der Waals surface area contributed by atoms with Crippen LogP contribution in [0.25, 0.3) is 0 Å². The van der Waals surface area contributed by atoms with Gasteiger partial charge in [-0.15, -0.1) is 0 Å². The fourth-order valence-corrected chi connectivity index (χ4v) is 1.78. The van der Waals surface area contributed by atoms with Gasteiger partial charge in [0, 0.05) is 7.11 Å². The molecule has 0 atom stereocenters. The average Bonchev–Trinajstić information content (AvgIpc) is 2.99. The Labute approximate surface area is 89.6 Å². The highest BCUT2D eigenvalue weighted by Gasteiger charge is 2.43. The van der Waals surface area contributed by atoms with Crippen molar-refractivity contribution in [1.82, 2.24) is 0 Å². The molecule has 1 aliphatic carbocycles. The summed E-state index contributed by atoms with van der Waals surface area (Å²) in [7, 11) is 3.29. The second kappa shape index (κ2) is 3.83. The first-order chi connectivity index (χ1) is 7.19. The summed E-state index contributed by atoms with van der Waals surface area (Å²) in [5, 5.41) is 10.1. The van der Waals surface area contributed by atoms with Crippen molar-refractivity contribution in [2.45, 2.75) is 25.0 Å². The molecule has 2 rings (SSSR count). The fraction of sp³-hybridized carbons (Fsp3) is 0.500. The van der Waals surface area contributed by atoms with Crippen LogP contribution in [0.15, 0.2) is 18.2 Å². The highest BCUT2D eigenvalue weighted by molar-refractivity contribution is 5.41. The summed E-state index contributed by atoms with van der Waals surface area (Å²) in [5.41, 5.74) is 1.35. The highest BCUT2D eigenvalue weighted by atomic mass is 16.5. The predicted octanol–water partition coefficient (Wildman–Crippen LogP) is 1.82. The van der Waals surface area contributed by atoms with Crippen LogP contribution in [0.5, 0.6) is 5.75 Å². The van der Waals surface area contributed by atoms with Crippen LogP contribution >= 0.6 is 0 Å². The molecule has 1 aromatic carbocycles. The van der Waals surface area contributed by atoms with Crippen LogP contribution in [0.4, 0.5) is 0 Å². The van der Waals surface area contributed by atoms with Crippen LogP contribution in [0.3, 0.4) is 0 Å². The van der Waals surface area contributed by atoms with Gasteiger partial charge in [-0.05, 0) is 36.1 Å². The van der Waals surface area contributed by atoms with Gasteiger partial charge in [-0.3, -0.25) is 0 Å². The summed E-state index contributed by atoms with van der Waals surface area (Å²) in [6, 6.07) is 5.75. The van der Waals surface area contributed by atoms with Crippen LogP contribution in [0, 0.1) is 0 Å². The molecule has 0 aliphatic heterocycles. The van der Waals surface area contributed by atoms with Crippen molar-refractivity contribution < 1.29 is 14.6 Å². The first kappa shape index (κ1) is 10.5. The largest absolute Gasteiger partial charge is 0.497 e. The zero-order valence-corrected chi connectivity index (χ0v) is 9.12. The lowest BCUT2D eigenvalue weighted by Crippen LogP contribution is -2.09. The Morgan fingerprint density at radius 2 is 2.07 bits per heavy atom. The fourth-order valence-electron chi connectivity index (χ4n) is 1.78. The quantitative estimate of drug-likeness (QED) is 0.820. The predicted molar refractivity (Wildman–Crippen MR) is 56.8 cm³/mol. The molecule has 82 valence electrons. The van der Waals surface area contributed by atoms with Gasteiger partial charge in [-0.25, -0.2) is 0 Å². The molecule has 1 fully saturated rings. The summed E-state index contributed by atoms with van der Waals surface area (Å²) < 4.78 is 10.3. The van der Waals surface area contributed by atoms with Crippen molar-refractivity contribution in [3.8, 4) is 5.75 Å². The van der Waals surface area contributed by atoms with Crippen LogP contribution < -0.4 is 4.74 Å². The summed E-state index contributed by atoms with van der Waals surface area (Å²) in [4.78, 5) is 0. The van der Waals surface area contributed by atoms with E-state index in [-0.39, 0.29) is 0 Å². The molecule has 1 saturated carbocycles. The van der Waals surface area contributed by atoms with Crippen molar-refractivity contribution in [3.05, 3.63) is 29.3 Å². The van der Waals surface area contributed by atoms with Crippen molar-refractivity contribution in [2.24, 2.45) is 0 Å². The third-order valence-electron chi connectivity index (χ3n) is 2.84. The van der Waals surface area contributed by atoms with Gasteiger partial charge in [0.25, 0.3) is 0 Å². The van der Waals surface area contributed by atoms with Crippen LogP contribution in [-0.2, 0) is 16.9 Å². The zero-order chi connectivity index (χ0) is 10.9. The van der Waals surface area contributed by atoms with E-state index in [1.807, 2.05) is 18.2 Å². The molecule has 1 aliphatic rings. The normalized spacial score (nSPS) is 17.5. The number of hydrogen-bond donors (Lipinski definition) is 1. The summed E-state index contributed by atoms with van der Waals surface area (Å²) in [6.45, 7) is 0.529. The molecule has 0 aromatic heterocycles. The Bertz CT molecular complexity index is 356. The van der Waals surface area contributed by atoms with E-state index >= 15 is 0 Å². The van der Waals surface area contributed by atoms with Crippen molar-refractivity contribution >= 4 is 0 Å². The minimum atomic E-state index is -0.637. The second-order valence-electron chi connectivity index (χ2n) is 3.99. The SMILES string of the molecule is COCc1ccc(OC)cc1C1(O)CC1. The Morgan fingerprint density at radius 1 is 1.33 bits per heavy atom. The maximum Gasteiger partial charge on any atom is 0.119 e. The van der Waals surface area contributed by atoms with E-state index in [2.05, 4.69) is 0 Å². The van der Waals surface area contributed by atoms with E-state index in [0.717, 1.165) is 29.7 Å². The molecule has 3 nitrogen and oxygen atoms in total. The number of rotatable bonds is 4. The molecule has 0 heterocycles. The lowest BCUT2D eigenvalue weighted by Gasteiger charge is -2.15. The van der Waals surface area contributed by atoms with Crippen molar-refractivity contribution in [2.75, 3.05) is 14.2 Å². The van der Waals surface area contributed by atoms with Gasteiger partial charge in [0.1, 0.15) is 5.75 Å². The van der Waals surface area contributed by atoms with Gasteiger partial charge in [0.2, 0.25) is 0 Å². The maximum atomic E-state index is 10.1. The van der Waals surface area contributed by atoms with Crippen LogP contribution in [0.1, 0.15) is 24.0 Å². The molecule has 0 unspecified atom stereocenters. The molecule has 0 amide bonds. The minimum Gasteiger partial charge on any atom is -0.497 e. The first-order valence-electron chi connectivity index (χ1n) is 5.08. The van der Waals surface area contributed by atoms with Gasteiger partial charge in [-0.1, -0.05) is 6.07 Å².